The van der Waals surface area contributed by atoms with Crippen LogP contribution in [-0.2, 0) is 5.60 Å². The van der Waals surface area contributed by atoms with Gasteiger partial charge in [0.2, 0.25) is 0 Å². The van der Waals surface area contributed by atoms with E-state index >= 15 is 0 Å². The molecular weight excluding hydrogens is 274 g/mol. The molecule has 1 aliphatic rings. The normalized spacial score (nSPS) is 27.5. The molecule has 0 saturated carbocycles. The van der Waals surface area contributed by atoms with Gasteiger partial charge in [-0.3, -0.25) is 0 Å². The summed E-state index contributed by atoms with van der Waals surface area (Å²) in [4.78, 5) is 2.17. The summed E-state index contributed by atoms with van der Waals surface area (Å²) in [7, 11) is 2.04. The molecule has 22 heavy (non-hydrogen) atoms. The maximum absolute atomic E-state index is 11.4. The van der Waals surface area contributed by atoms with E-state index in [-0.39, 0.29) is 5.92 Å². The first-order valence-electron chi connectivity index (χ1n) is 7.81. The highest BCUT2D eigenvalue weighted by molar-refractivity contribution is 5.27. The Morgan fingerprint density at radius 1 is 1.05 bits per heavy atom. The molecule has 2 aromatic rings. The van der Waals surface area contributed by atoms with E-state index in [9.17, 15) is 10.2 Å². The van der Waals surface area contributed by atoms with Crippen molar-refractivity contribution in [1.29, 1.82) is 0 Å². The second-order valence-electron chi connectivity index (χ2n) is 6.26. The lowest BCUT2D eigenvalue weighted by Crippen LogP contribution is -2.51. The van der Waals surface area contributed by atoms with E-state index in [2.05, 4.69) is 4.90 Å². The van der Waals surface area contributed by atoms with E-state index < -0.39 is 11.7 Å². The molecule has 3 atom stereocenters. The van der Waals surface area contributed by atoms with E-state index in [0.717, 1.165) is 17.7 Å². The third kappa shape index (κ3) is 2.80. The fourth-order valence-electron chi connectivity index (χ4n) is 3.45. The average Bonchev–Trinajstić information content (AvgIpc) is 2.58. The molecule has 1 fully saturated rings. The second-order valence-corrected chi connectivity index (χ2v) is 6.26. The number of aliphatic hydroxyl groups excluding tert-OH is 1. The molecule has 0 amide bonds. The van der Waals surface area contributed by atoms with Crippen LogP contribution in [-0.4, -0.2) is 35.3 Å². The highest BCUT2D eigenvalue weighted by Gasteiger charge is 2.45. The van der Waals surface area contributed by atoms with Crippen LogP contribution in [0.4, 0.5) is 0 Å². The Bertz CT molecular complexity index is 601. The molecule has 0 bridgehead atoms. The fraction of sp³-hybridized carbons (Fsp3) is 0.368. The Labute approximate surface area is 131 Å². The Morgan fingerprint density at radius 3 is 2.27 bits per heavy atom. The molecule has 1 saturated heterocycles. The number of nitrogens with zero attached hydrogens (tertiary/aromatic N) is 1. The van der Waals surface area contributed by atoms with Crippen molar-refractivity contribution in [1.82, 2.24) is 4.90 Å². The summed E-state index contributed by atoms with van der Waals surface area (Å²) < 4.78 is 0. The van der Waals surface area contributed by atoms with Gasteiger partial charge in [-0.25, -0.2) is 0 Å². The monoisotopic (exact) mass is 297 g/mol. The van der Waals surface area contributed by atoms with Crippen LogP contribution in [0, 0.1) is 5.92 Å². The Kier molecular flexibility index (Phi) is 4.30. The van der Waals surface area contributed by atoms with Gasteiger partial charge in [-0.2, -0.15) is 0 Å². The summed E-state index contributed by atoms with van der Waals surface area (Å²) in [5, 5.41) is 22.2. The molecule has 1 heterocycles. The molecule has 0 spiro atoms. The van der Waals surface area contributed by atoms with Gasteiger partial charge in [0.25, 0.3) is 0 Å². The topological polar surface area (TPSA) is 43.7 Å². The van der Waals surface area contributed by atoms with Crippen LogP contribution in [0.2, 0.25) is 0 Å². The van der Waals surface area contributed by atoms with Gasteiger partial charge >= 0.3 is 0 Å². The minimum Gasteiger partial charge on any atom is -0.388 e. The van der Waals surface area contributed by atoms with Crippen molar-refractivity contribution < 1.29 is 10.2 Å². The van der Waals surface area contributed by atoms with Gasteiger partial charge in [-0.15, -0.1) is 0 Å². The standard InChI is InChI=1S/C19H23NO2/c1-20-13-12-19(22,16-10-6-3-7-11-16)17(14-20)18(21)15-8-4-2-5-9-15/h2-11,17-18,21-22H,12-14H2,1H3/t17-,18+,19-/m0/s1. The van der Waals surface area contributed by atoms with Crippen LogP contribution in [0.15, 0.2) is 60.7 Å². The minimum absolute atomic E-state index is 0.254. The summed E-state index contributed by atoms with van der Waals surface area (Å²) >= 11 is 0. The summed E-state index contributed by atoms with van der Waals surface area (Å²) in [6.07, 6.45) is -0.0589. The molecule has 0 aliphatic carbocycles. The van der Waals surface area contributed by atoms with E-state index in [1.54, 1.807) is 0 Å². The van der Waals surface area contributed by atoms with Crippen LogP contribution >= 0.6 is 0 Å². The number of hydrogen-bond donors (Lipinski definition) is 2. The number of aliphatic hydroxyl groups is 2. The van der Waals surface area contributed by atoms with Gasteiger partial charge in [0.1, 0.15) is 0 Å². The van der Waals surface area contributed by atoms with Crippen molar-refractivity contribution in [2.75, 3.05) is 20.1 Å². The highest BCUT2D eigenvalue weighted by Crippen LogP contribution is 2.43. The Hall–Kier alpha value is -1.68. The van der Waals surface area contributed by atoms with Crippen molar-refractivity contribution in [2.24, 2.45) is 5.92 Å². The zero-order valence-electron chi connectivity index (χ0n) is 12.9. The Morgan fingerprint density at radius 2 is 1.64 bits per heavy atom. The average molecular weight is 297 g/mol. The lowest BCUT2D eigenvalue weighted by Gasteiger charge is -2.46. The molecule has 0 radical (unpaired) electrons. The van der Waals surface area contributed by atoms with Gasteiger partial charge < -0.3 is 15.1 Å². The molecule has 2 aromatic carbocycles. The first-order valence-corrected chi connectivity index (χ1v) is 7.81. The number of hydrogen-bond acceptors (Lipinski definition) is 3. The van der Waals surface area contributed by atoms with E-state index in [4.69, 9.17) is 0 Å². The smallest absolute Gasteiger partial charge is 0.0977 e. The van der Waals surface area contributed by atoms with E-state index in [1.165, 1.54) is 0 Å². The SMILES string of the molecule is CN1CC[C@](O)(c2ccccc2)[C@H]([C@H](O)c2ccccc2)C1. The zero-order valence-corrected chi connectivity index (χ0v) is 12.9. The van der Waals surface area contributed by atoms with Crippen molar-refractivity contribution in [2.45, 2.75) is 18.1 Å². The van der Waals surface area contributed by atoms with E-state index in [1.807, 2.05) is 67.7 Å². The molecule has 116 valence electrons. The van der Waals surface area contributed by atoms with Gasteiger partial charge in [-0.05, 0) is 24.6 Å². The van der Waals surface area contributed by atoms with Gasteiger partial charge in [0, 0.05) is 19.0 Å². The molecule has 2 N–H and O–H groups in total. The number of rotatable bonds is 3. The maximum Gasteiger partial charge on any atom is 0.0977 e. The van der Waals surface area contributed by atoms with Gasteiger partial charge in [0.05, 0.1) is 11.7 Å². The van der Waals surface area contributed by atoms with Crippen molar-refractivity contribution in [3.63, 3.8) is 0 Å². The van der Waals surface area contributed by atoms with Gasteiger partial charge in [0.15, 0.2) is 0 Å². The lowest BCUT2D eigenvalue weighted by atomic mass is 9.72. The first kappa shape index (κ1) is 15.2. The minimum atomic E-state index is -0.997. The van der Waals surface area contributed by atoms with Crippen molar-refractivity contribution in [3.05, 3.63) is 71.8 Å². The van der Waals surface area contributed by atoms with Crippen LogP contribution in [0.3, 0.4) is 0 Å². The number of likely N-dealkylation sites (tertiary alicyclic amines) is 1. The lowest BCUT2D eigenvalue weighted by molar-refractivity contribution is -0.118. The molecule has 0 unspecified atom stereocenters. The highest BCUT2D eigenvalue weighted by atomic mass is 16.3. The summed E-state index contributed by atoms with van der Waals surface area (Å²) in [5.74, 6) is -0.254. The van der Waals surface area contributed by atoms with Crippen LogP contribution in [0.5, 0.6) is 0 Å². The van der Waals surface area contributed by atoms with E-state index in [0.29, 0.717) is 13.0 Å². The van der Waals surface area contributed by atoms with Gasteiger partial charge in [-0.1, -0.05) is 60.7 Å². The molecule has 3 rings (SSSR count). The largest absolute Gasteiger partial charge is 0.388 e. The maximum atomic E-state index is 11.4. The number of piperidine rings is 1. The summed E-state index contributed by atoms with van der Waals surface area (Å²) in [6.45, 7) is 1.49. The predicted octanol–water partition coefficient (Wildman–Crippen LogP) is 2.56. The molecule has 3 heteroatoms. The molecule has 0 aromatic heterocycles. The summed E-state index contributed by atoms with van der Waals surface area (Å²) in [6, 6.07) is 19.4. The van der Waals surface area contributed by atoms with Crippen LogP contribution in [0.1, 0.15) is 23.7 Å². The van der Waals surface area contributed by atoms with Crippen molar-refractivity contribution in [3.8, 4) is 0 Å². The second kappa shape index (κ2) is 6.21. The summed E-state index contributed by atoms with van der Waals surface area (Å²) in [5.41, 5.74) is 0.753. The van der Waals surface area contributed by atoms with Crippen LogP contribution in [0.25, 0.3) is 0 Å². The zero-order chi connectivity index (χ0) is 15.6. The first-order chi connectivity index (χ1) is 10.6. The van der Waals surface area contributed by atoms with Crippen LogP contribution < -0.4 is 0 Å². The third-order valence-electron chi connectivity index (χ3n) is 4.79. The number of benzene rings is 2. The molecule has 1 aliphatic heterocycles. The molecular formula is C19H23NO2. The third-order valence-corrected chi connectivity index (χ3v) is 4.79. The van der Waals surface area contributed by atoms with Crippen molar-refractivity contribution >= 4 is 0 Å². The fourth-order valence-corrected chi connectivity index (χ4v) is 3.45. The Balaban J connectivity index is 1.97. The predicted molar refractivity (Wildman–Crippen MR) is 87.3 cm³/mol. The quantitative estimate of drug-likeness (QED) is 0.915. The molecule has 3 nitrogen and oxygen atoms in total.